The van der Waals surface area contributed by atoms with Crippen molar-refractivity contribution in [3.05, 3.63) is 24.3 Å². The first-order chi connectivity index (χ1) is 9.29. The number of carbonyl (C=O) groups excluding carboxylic acids is 1. The lowest BCUT2D eigenvalue weighted by Crippen LogP contribution is -2.15. The van der Waals surface area contributed by atoms with Crippen LogP contribution in [0, 0.1) is 11.8 Å². The highest BCUT2D eigenvalue weighted by Crippen LogP contribution is 2.30. The van der Waals surface area contributed by atoms with E-state index in [9.17, 15) is 4.79 Å². The van der Waals surface area contributed by atoms with Crippen LogP contribution in [0.15, 0.2) is 24.3 Å². The van der Waals surface area contributed by atoms with Gasteiger partial charge in [0, 0.05) is 5.92 Å². The minimum Gasteiger partial charge on any atom is -0.295 e. The zero-order chi connectivity index (χ0) is 13.9. The van der Waals surface area contributed by atoms with Gasteiger partial charge in [0.05, 0.1) is 0 Å². The third-order valence-electron chi connectivity index (χ3n) is 4.07. The fourth-order valence-electron chi connectivity index (χ4n) is 2.85. The standard InChI is InChI=1S/C18H30O/c1-3-5-7-8-9-11-12-16-14-15-18(19)17(16)13-10-6-4-2/h6,10,14-17H,3-5,7-9,11-13H2,1-2H3/b10-6-/t16-,17-/m0/s1. The Morgan fingerprint density at radius 3 is 2.53 bits per heavy atom. The van der Waals surface area contributed by atoms with E-state index >= 15 is 0 Å². The SMILES string of the molecule is CC/C=C\C[C@@H]1C(=O)C=C[C@@H]1CCCCCCCC. The molecule has 1 aliphatic carbocycles. The third kappa shape index (κ3) is 6.22. The second-order valence-corrected chi connectivity index (χ2v) is 5.70. The quantitative estimate of drug-likeness (QED) is 0.377. The van der Waals surface area contributed by atoms with Crippen molar-refractivity contribution in [3.8, 4) is 0 Å². The number of ketones is 1. The van der Waals surface area contributed by atoms with Crippen LogP contribution < -0.4 is 0 Å². The Labute approximate surface area is 119 Å². The number of hydrogen-bond donors (Lipinski definition) is 0. The molecule has 0 aliphatic heterocycles. The summed E-state index contributed by atoms with van der Waals surface area (Å²) in [6.07, 6.45) is 19.5. The Hall–Kier alpha value is -0.850. The van der Waals surface area contributed by atoms with Crippen LogP contribution in [0.5, 0.6) is 0 Å². The topological polar surface area (TPSA) is 17.1 Å². The Kier molecular flexibility index (Phi) is 8.53. The smallest absolute Gasteiger partial charge is 0.159 e. The summed E-state index contributed by atoms with van der Waals surface area (Å²) in [5.41, 5.74) is 0. The Morgan fingerprint density at radius 2 is 1.79 bits per heavy atom. The van der Waals surface area contributed by atoms with Gasteiger partial charge in [-0.2, -0.15) is 0 Å². The molecular formula is C18H30O. The first kappa shape index (κ1) is 16.2. The van der Waals surface area contributed by atoms with Crippen molar-refractivity contribution in [1.82, 2.24) is 0 Å². The van der Waals surface area contributed by atoms with Gasteiger partial charge in [-0.3, -0.25) is 4.79 Å². The van der Waals surface area contributed by atoms with E-state index in [1.165, 1.54) is 44.9 Å². The van der Waals surface area contributed by atoms with E-state index in [0.29, 0.717) is 11.7 Å². The predicted molar refractivity (Wildman–Crippen MR) is 83.2 cm³/mol. The molecule has 0 unspecified atom stereocenters. The predicted octanol–water partition coefficient (Wildman–Crippen LogP) is 5.46. The summed E-state index contributed by atoms with van der Waals surface area (Å²) in [6.45, 7) is 4.39. The summed E-state index contributed by atoms with van der Waals surface area (Å²) in [4.78, 5) is 11.8. The summed E-state index contributed by atoms with van der Waals surface area (Å²) >= 11 is 0. The number of hydrogen-bond acceptors (Lipinski definition) is 1. The molecule has 19 heavy (non-hydrogen) atoms. The van der Waals surface area contributed by atoms with Crippen molar-refractivity contribution in [2.24, 2.45) is 11.8 Å². The molecule has 1 rings (SSSR count). The van der Waals surface area contributed by atoms with Crippen molar-refractivity contribution < 1.29 is 4.79 Å². The normalized spacial score (nSPS) is 22.7. The average molecular weight is 262 g/mol. The summed E-state index contributed by atoms with van der Waals surface area (Å²) in [5.74, 6) is 1.08. The molecule has 0 saturated carbocycles. The van der Waals surface area contributed by atoms with Crippen molar-refractivity contribution in [3.63, 3.8) is 0 Å². The van der Waals surface area contributed by atoms with Crippen LogP contribution in [0.3, 0.4) is 0 Å². The van der Waals surface area contributed by atoms with Crippen LogP contribution in [-0.2, 0) is 4.79 Å². The van der Waals surface area contributed by atoms with E-state index in [1.807, 2.05) is 6.08 Å². The number of carbonyl (C=O) groups is 1. The van der Waals surface area contributed by atoms with Crippen molar-refractivity contribution in [1.29, 1.82) is 0 Å². The molecular weight excluding hydrogens is 232 g/mol. The first-order valence-electron chi connectivity index (χ1n) is 8.16. The lowest BCUT2D eigenvalue weighted by atomic mass is 9.87. The zero-order valence-electron chi connectivity index (χ0n) is 12.7. The third-order valence-corrected chi connectivity index (χ3v) is 4.07. The minimum absolute atomic E-state index is 0.235. The number of allylic oxidation sites excluding steroid dienone is 4. The van der Waals surface area contributed by atoms with E-state index in [4.69, 9.17) is 0 Å². The van der Waals surface area contributed by atoms with Gasteiger partial charge in [0.2, 0.25) is 0 Å². The van der Waals surface area contributed by atoms with Gasteiger partial charge in [-0.1, -0.05) is 70.6 Å². The van der Waals surface area contributed by atoms with E-state index in [2.05, 4.69) is 32.1 Å². The largest absolute Gasteiger partial charge is 0.295 e. The highest BCUT2D eigenvalue weighted by atomic mass is 16.1. The average Bonchev–Trinajstić information content (AvgIpc) is 2.76. The lowest BCUT2D eigenvalue weighted by Gasteiger charge is -2.16. The molecule has 1 nitrogen and oxygen atoms in total. The Morgan fingerprint density at radius 1 is 1.05 bits per heavy atom. The summed E-state index contributed by atoms with van der Waals surface area (Å²) in [7, 11) is 0. The second kappa shape index (κ2) is 10.00. The maximum atomic E-state index is 11.8. The van der Waals surface area contributed by atoms with Gasteiger partial charge in [-0.25, -0.2) is 0 Å². The van der Waals surface area contributed by atoms with E-state index in [0.717, 1.165) is 12.8 Å². The maximum absolute atomic E-state index is 11.8. The lowest BCUT2D eigenvalue weighted by molar-refractivity contribution is -0.118. The van der Waals surface area contributed by atoms with Gasteiger partial charge in [-0.05, 0) is 31.3 Å². The van der Waals surface area contributed by atoms with Crippen LogP contribution in [0.2, 0.25) is 0 Å². The monoisotopic (exact) mass is 262 g/mol. The fourth-order valence-corrected chi connectivity index (χ4v) is 2.85. The van der Waals surface area contributed by atoms with Crippen LogP contribution in [-0.4, -0.2) is 5.78 Å². The van der Waals surface area contributed by atoms with Crippen molar-refractivity contribution in [2.75, 3.05) is 0 Å². The molecule has 0 aromatic carbocycles. The molecule has 1 heteroatoms. The maximum Gasteiger partial charge on any atom is 0.159 e. The summed E-state index contributed by atoms with van der Waals surface area (Å²) < 4.78 is 0. The number of rotatable bonds is 10. The van der Waals surface area contributed by atoms with Gasteiger partial charge in [0.25, 0.3) is 0 Å². The highest BCUT2D eigenvalue weighted by molar-refractivity contribution is 5.94. The molecule has 2 atom stereocenters. The number of unbranched alkanes of at least 4 members (excludes halogenated alkanes) is 5. The Bertz CT molecular complexity index is 301. The molecule has 0 aromatic heterocycles. The second-order valence-electron chi connectivity index (χ2n) is 5.70. The Balaban J connectivity index is 2.21. The van der Waals surface area contributed by atoms with Crippen LogP contribution in [0.1, 0.15) is 71.6 Å². The molecule has 0 bridgehead atoms. The van der Waals surface area contributed by atoms with Crippen molar-refractivity contribution in [2.45, 2.75) is 71.6 Å². The van der Waals surface area contributed by atoms with Gasteiger partial charge in [0.1, 0.15) is 0 Å². The van der Waals surface area contributed by atoms with E-state index in [1.54, 1.807) is 0 Å². The highest BCUT2D eigenvalue weighted by Gasteiger charge is 2.28. The molecule has 0 saturated heterocycles. The molecule has 0 fully saturated rings. The van der Waals surface area contributed by atoms with Gasteiger partial charge in [0.15, 0.2) is 5.78 Å². The van der Waals surface area contributed by atoms with Crippen LogP contribution >= 0.6 is 0 Å². The van der Waals surface area contributed by atoms with Crippen LogP contribution in [0.25, 0.3) is 0 Å². The minimum atomic E-state index is 0.235. The molecule has 0 N–H and O–H groups in total. The van der Waals surface area contributed by atoms with Crippen LogP contribution in [0.4, 0.5) is 0 Å². The van der Waals surface area contributed by atoms with E-state index < -0.39 is 0 Å². The summed E-state index contributed by atoms with van der Waals surface area (Å²) in [6, 6.07) is 0. The molecule has 108 valence electrons. The van der Waals surface area contributed by atoms with Gasteiger partial charge < -0.3 is 0 Å². The molecule has 0 amide bonds. The molecule has 1 aliphatic rings. The van der Waals surface area contributed by atoms with Crippen molar-refractivity contribution >= 4 is 5.78 Å². The molecule has 0 radical (unpaired) electrons. The zero-order valence-corrected chi connectivity index (χ0v) is 12.7. The molecule has 0 spiro atoms. The fraction of sp³-hybridized carbons (Fsp3) is 0.722. The van der Waals surface area contributed by atoms with Gasteiger partial charge in [-0.15, -0.1) is 0 Å². The van der Waals surface area contributed by atoms with E-state index in [-0.39, 0.29) is 5.92 Å². The molecule has 0 heterocycles. The summed E-state index contributed by atoms with van der Waals surface area (Å²) in [5, 5.41) is 0. The molecule has 0 aromatic rings. The van der Waals surface area contributed by atoms with Gasteiger partial charge >= 0.3 is 0 Å². The first-order valence-corrected chi connectivity index (χ1v) is 8.16.